The minimum Gasteiger partial charge on any atom is -0.385 e. The van der Waals surface area contributed by atoms with Crippen LogP contribution in [0.5, 0.6) is 0 Å². The van der Waals surface area contributed by atoms with Gasteiger partial charge >= 0.3 is 0 Å². The Morgan fingerprint density at radius 3 is 1.91 bits per heavy atom. The number of nitrogens with zero attached hydrogens (tertiary/aromatic N) is 2. The van der Waals surface area contributed by atoms with Crippen LogP contribution >= 0.6 is 11.6 Å². The molecule has 3 aromatic rings. The standard InChI is InChI=1S/C29H33ClN2O2/c1-31(2)27(33)29(23-11-5-3-6-12-23,24-13-7-4-8-14-24)19-22-32-20-17-28(34,18-21-32)25-15-9-10-16-26(25)30/h3-16,34H,17-22H2,1-2H3. The highest BCUT2D eigenvalue weighted by molar-refractivity contribution is 6.31. The van der Waals surface area contributed by atoms with Crippen molar-refractivity contribution in [1.29, 1.82) is 0 Å². The number of hydrogen-bond acceptors (Lipinski definition) is 3. The van der Waals surface area contributed by atoms with E-state index in [2.05, 4.69) is 29.2 Å². The molecule has 0 aromatic heterocycles. The fourth-order valence-corrected chi connectivity index (χ4v) is 5.53. The third-order valence-corrected chi connectivity index (χ3v) is 7.50. The lowest BCUT2D eigenvalue weighted by Crippen LogP contribution is -2.48. The first-order chi connectivity index (χ1) is 16.4. The maximum absolute atomic E-state index is 13.8. The first kappa shape index (κ1) is 24.5. The van der Waals surface area contributed by atoms with Crippen molar-refractivity contribution >= 4 is 17.5 Å². The van der Waals surface area contributed by atoms with Gasteiger partial charge in [0.05, 0.1) is 5.60 Å². The van der Waals surface area contributed by atoms with Crippen molar-refractivity contribution in [3.05, 3.63) is 107 Å². The van der Waals surface area contributed by atoms with Gasteiger partial charge in [0.1, 0.15) is 5.41 Å². The minimum atomic E-state index is -0.912. The van der Waals surface area contributed by atoms with Crippen LogP contribution in [0.25, 0.3) is 0 Å². The molecular weight excluding hydrogens is 444 g/mol. The van der Waals surface area contributed by atoms with Crippen LogP contribution in [0.15, 0.2) is 84.9 Å². The quantitative estimate of drug-likeness (QED) is 0.516. The van der Waals surface area contributed by atoms with Crippen molar-refractivity contribution in [2.24, 2.45) is 0 Å². The lowest BCUT2D eigenvalue weighted by Gasteiger charge is -2.41. The molecule has 4 rings (SSSR count). The number of carbonyl (C=O) groups is 1. The zero-order valence-electron chi connectivity index (χ0n) is 20.0. The minimum absolute atomic E-state index is 0.0782. The Kier molecular flexibility index (Phi) is 7.42. The van der Waals surface area contributed by atoms with Gasteiger partial charge in [0.25, 0.3) is 0 Å². The van der Waals surface area contributed by atoms with E-state index >= 15 is 0 Å². The van der Waals surface area contributed by atoms with E-state index in [-0.39, 0.29) is 5.91 Å². The average molecular weight is 477 g/mol. The third kappa shape index (κ3) is 4.76. The summed E-state index contributed by atoms with van der Waals surface area (Å²) in [5, 5.41) is 11.9. The lowest BCUT2D eigenvalue weighted by atomic mass is 9.70. The Labute approximate surface area is 207 Å². The first-order valence-corrected chi connectivity index (χ1v) is 12.3. The van der Waals surface area contributed by atoms with Gasteiger partial charge in [0.2, 0.25) is 5.91 Å². The molecule has 1 saturated heterocycles. The number of hydrogen-bond donors (Lipinski definition) is 1. The van der Waals surface area contributed by atoms with Crippen molar-refractivity contribution in [1.82, 2.24) is 9.80 Å². The molecule has 0 bridgehead atoms. The number of benzene rings is 3. The van der Waals surface area contributed by atoms with E-state index in [0.717, 1.165) is 36.3 Å². The summed E-state index contributed by atoms with van der Waals surface area (Å²) in [6.45, 7) is 2.25. The van der Waals surface area contributed by atoms with E-state index in [9.17, 15) is 9.90 Å². The predicted molar refractivity (Wildman–Crippen MR) is 138 cm³/mol. The van der Waals surface area contributed by atoms with Crippen LogP contribution < -0.4 is 0 Å². The van der Waals surface area contributed by atoms with Crippen LogP contribution in [0, 0.1) is 0 Å². The molecule has 1 aliphatic rings. The Balaban J connectivity index is 1.59. The fourth-order valence-electron chi connectivity index (χ4n) is 5.22. The van der Waals surface area contributed by atoms with Gasteiger partial charge in [0.15, 0.2) is 0 Å². The Morgan fingerprint density at radius 2 is 1.41 bits per heavy atom. The maximum atomic E-state index is 13.8. The average Bonchev–Trinajstić information content (AvgIpc) is 2.87. The number of likely N-dealkylation sites (tertiary alicyclic amines) is 1. The van der Waals surface area contributed by atoms with Crippen LogP contribution in [0.4, 0.5) is 0 Å². The molecule has 0 radical (unpaired) electrons. The second kappa shape index (κ2) is 10.3. The van der Waals surface area contributed by atoms with Crippen molar-refractivity contribution in [2.45, 2.75) is 30.3 Å². The monoisotopic (exact) mass is 476 g/mol. The van der Waals surface area contributed by atoms with Crippen molar-refractivity contribution < 1.29 is 9.90 Å². The highest BCUT2D eigenvalue weighted by Crippen LogP contribution is 2.40. The Bertz CT molecular complexity index is 1050. The zero-order chi connectivity index (χ0) is 24.2. The van der Waals surface area contributed by atoms with E-state index < -0.39 is 11.0 Å². The first-order valence-electron chi connectivity index (χ1n) is 11.9. The molecule has 0 atom stereocenters. The number of carbonyl (C=O) groups excluding carboxylic acids is 1. The summed E-state index contributed by atoms with van der Waals surface area (Å²) >= 11 is 6.39. The van der Waals surface area contributed by atoms with Crippen LogP contribution in [0.1, 0.15) is 36.0 Å². The van der Waals surface area contributed by atoms with Crippen molar-refractivity contribution in [3.8, 4) is 0 Å². The molecule has 0 spiro atoms. The number of amides is 1. The van der Waals surface area contributed by atoms with E-state index in [0.29, 0.717) is 24.3 Å². The van der Waals surface area contributed by atoms with E-state index in [1.165, 1.54) is 0 Å². The molecule has 3 aromatic carbocycles. The summed E-state index contributed by atoms with van der Waals surface area (Å²) in [6.07, 6.45) is 1.88. The third-order valence-electron chi connectivity index (χ3n) is 7.17. The molecule has 0 saturated carbocycles. The van der Waals surface area contributed by atoms with Gasteiger partial charge in [-0.15, -0.1) is 0 Å². The largest absolute Gasteiger partial charge is 0.385 e. The lowest BCUT2D eigenvalue weighted by molar-refractivity contribution is -0.133. The molecule has 34 heavy (non-hydrogen) atoms. The second-order valence-corrected chi connectivity index (χ2v) is 9.85. The molecule has 4 nitrogen and oxygen atoms in total. The predicted octanol–water partition coefficient (Wildman–Crippen LogP) is 5.09. The highest BCUT2D eigenvalue weighted by atomic mass is 35.5. The number of rotatable bonds is 7. The number of aliphatic hydroxyl groups is 1. The molecule has 1 N–H and O–H groups in total. The Morgan fingerprint density at radius 1 is 0.912 bits per heavy atom. The summed E-state index contributed by atoms with van der Waals surface area (Å²) in [6, 6.07) is 27.8. The Hall–Kier alpha value is -2.66. The molecule has 1 amide bonds. The molecule has 1 aliphatic heterocycles. The second-order valence-electron chi connectivity index (χ2n) is 9.44. The van der Waals surface area contributed by atoms with Gasteiger partial charge in [-0.2, -0.15) is 0 Å². The molecule has 178 valence electrons. The fraction of sp³-hybridized carbons (Fsp3) is 0.345. The number of likely N-dealkylation sites (N-methyl/N-ethyl adjacent to an activating group) is 1. The molecule has 5 heteroatoms. The van der Waals surface area contributed by atoms with Crippen LogP contribution in [0.2, 0.25) is 5.02 Å². The summed E-state index contributed by atoms with van der Waals surface area (Å²) in [5.41, 5.74) is 1.13. The van der Waals surface area contributed by atoms with Crippen LogP contribution in [-0.4, -0.2) is 54.5 Å². The van der Waals surface area contributed by atoms with E-state index in [1.54, 1.807) is 4.90 Å². The summed E-state index contributed by atoms with van der Waals surface area (Å²) < 4.78 is 0. The SMILES string of the molecule is CN(C)C(=O)C(CCN1CCC(O)(c2ccccc2Cl)CC1)(c1ccccc1)c1ccccc1. The summed E-state index contributed by atoms with van der Waals surface area (Å²) in [5.74, 6) is 0.0782. The molecule has 1 heterocycles. The van der Waals surface area contributed by atoms with Gasteiger partial charge < -0.3 is 14.9 Å². The van der Waals surface area contributed by atoms with Gasteiger partial charge in [-0.25, -0.2) is 0 Å². The normalized spacial score (nSPS) is 16.2. The van der Waals surface area contributed by atoms with E-state index in [4.69, 9.17) is 11.6 Å². The van der Waals surface area contributed by atoms with Gasteiger partial charge in [0, 0.05) is 37.8 Å². The van der Waals surface area contributed by atoms with Gasteiger partial charge in [-0.05, 0) is 43.0 Å². The van der Waals surface area contributed by atoms with Crippen LogP contribution in [-0.2, 0) is 15.8 Å². The molecule has 0 unspecified atom stereocenters. The summed E-state index contributed by atoms with van der Waals surface area (Å²) in [4.78, 5) is 17.9. The number of halogens is 1. The topological polar surface area (TPSA) is 43.8 Å². The van der Waals surface area contributed by atoms with Crippen molar-refractivity contribution in [2.75, 3.05) is 33.7 Å². The van der Waals surface area contributed by atoms with Gasteiger partial charge in [-0.1, -0.05) is 90.5 Å². The maximum Gasteiger partial charge on any atom is 0.237 e. The molecular formula is C29H33ClN2O2. The molecule has 0 aliphatic carbocycles. The van der Waals surface area contributed by atoms with Gasteiger partial charge in [-0.3, -0.25) is 4.79 Å². The van der Waals surface area contributed by atoms with Crippen molar-refractivity contribution in [3.63, 3.8) is 0 Å². The highest BCUT2D eigenvalue weighted by Gasteiger charge is 2.43. The number of piperidine rings is 1. The summed E-state index contributed by atoms with van der Waals surface area (Å²) in [7, 11) is 3.65. The van der Waals surface area contributed by atoms with Crippen LogP contribution in [0.3, 0.4) is 0 Å². The smallest absolute Gasteiger partial charge is 0.237 e. The molecule has 1 fully saturated rings. The van der Waals surface area contributed by atoms with E-state index in [1.807, 2.05) is 74.8 Å². The zero-order valence-corrected chi connectivity index (χ0v) is 20.7.